The molecule has 0 saturated carbocycles. The van der Waals surface area contributed by atoms with E-state index in [1.807, 2.05) is 0 Å². The van der Waals surface area contributed by atoms with Gasteiger partial charge in [-0.3, -0.25) is 4.79 Å². The van der Waals surface area contributed by atoms with Gasteiger partial charge in [-0.25, -0.2) is 8.78 Å². The van der Waals surface area contributed by atoms with Gasteiger partial charge in [0.05, 0.1) is 18.6 Å². The lowest BCUT2D eigenvalue weighted by Gasteiger charge is -2.34. The van der Waals surface area contributed by atoms with Crippen LogP contribution in [-0.2, 0) is 16.0 Å². The van der Waals surface area contributed by atoms with E-state index in [0.29, 0.717) is 38.1 Å². The fourth-order valence-electron chi connectivity index (χ4n) is 3.53. The standard InChI is InChI=1S/C18H23F2NO3/c19-15-1-2-16(20)14(10-15)9-13-3-6-21(7-4-13)17(22)11-18(23)5-8-24-12-18/h1-2,10,13,23H,3-9,11-12H2. The van der Waals surface area contributed by atoms with Crippen LogP contribution in [0.2, 0.25) is 0 Å². The Balaban J connectivity index is 1.50. The molecule has 1 N–H and O–H groups in total. The average Bonchev–Trinajstić information content (AvgIpc) is 2.98. The second-order valence-corrected chi connectivity index (χ2v) is 6.97. The Kier molecular flexibility index (Phi) is 5.15. The number of benzene rings is 1. The van der Waals surface area contributed by atoms with Gasteiger partial charge in [0.2, 0.25) is 5.91 Å². The summed E-state index contributed by atoms with van der Waals surface area (Å²) in [4.78, 5) is 14.1. The van der Waals surface area contributed by atoms with E-state index in [9.17, 15) is 18.7 Å². The van der Waals surface area contributed by atoms with E-state index < -0.39 is 11.4 Å². The lowest BCUT2D eigenvalue weighted by molar-refractivity contribution is -0.137. The molecule has 6 heteroatoms. The molecule has 2 saturated heterocycles. The van der Waals surface area contributed by atoms with Crippen LogP contribution in [0.1, 0.15) is 31.2 Å². The number of halogens is 2. The molecule has 0 aromatic heterocycles. The highest BCUT2D eigenvalue weighted by Crippen LogP contribution is 2.27. The molecule has 1 amide bonds. The fourth-order valence-corrected chi connectivity index (χ4v) is 3.53. The first kappa shape index (κ1) is 17.3. The van der Waals surface area contributed by atoms with E-state index in [0.717, 1.165) is 25.0 Å². The van der Waals surface area contributed by atoms with E-state index in [1.165, 1.54) is 6.07 Å². The smallest absolute Gasteiger partial charge is 0.225 e. The molecule has 4 nitrogen and oxygen atoms in total. The predicted octanol–water partition coefficient (Wildman–Crippen LogP) is 2.29. The highest BCUT2D eigenvalue weighted by Gasteiger charge is 2.36. The SMILES string of the molecule is O=C(CC1(O)CCOC1)N1CCC(Cc2cc(F)ccc2F)CC1. The van der Waals surface area contributed by atoms with Gasteiger partial charge in [-0.2, -0.15) is 0 Å². The lowest BCUT2D eigenvalue weighted by atomic mass is 9.89. The molecule has 0 spiro atoms. The topological polar surface area (TPSA) is 49.8 Å². The first-order chi connectivity index (χ1) is 11.5. The van der Waals surface area contributed by atoms with Gasteiger partial charge in [0, 0.05) is 26.1 Å². The van der Waals surface area contributed by atoms with Crippen LogP contribution in [0.25, 0.3) is 0 Å². The Morgan fingerprint density at radius 2 is 2.08 bits per heavy atom. The maximum atomic E-state index is 13.7. The number of hydrogen-bond donors (Lipinski definition) is 1. The van der Waals surface area contributed by atoms with Crippen LogP contribution in [0.15, 0.2) is 18.2 Å². The minimum atomic E-state index is -1.03. The molecule has 0 radical (unpaired) electrons. The normalized spacial score (nSPS) is 25.2. The van der Waals surface area contributed by atoms with Gasteiger partial charge in [-0.05, 0) is 48.9 Å². The number of hydrogen-bond acceptors (Lipinski definition) is 3. The molecule has 2 aliphatic heterocycles. The highest BCUT2D eigenvalue weighted by molar-refractivity contribution is 5.77. The van der Waals surface area contributed by atoms with Crippen LogP contribution in [0.4, 0.5) is 8.78 Å². The Bertz CT molecular complexity index is 594. The monoisotopic (exact) mass is 339 g/mol. The minimum absolute atomic E-state index is 0.0570. The van der Waals surface area contributed by atoms with Crippen molar-refractivity contribution in [1.82, 2.24) is 4.90 Å². The highest BCUT2D eigenvalue weighted by atomic mass is 19.1. The van der Waals surface area contributed by atoms with E-state index in [2.05, 4.69) is 0 Å². The summed E-state index contributed by atoms with van der Waals surface area (Å²) in [5.41, 5.74) is -0.629. The van der Waals surface area contributed by atoms with Crippen molar-refractivity contribution < 1.29 is 23.4 Å². The summed E-state index contributed by atoms with van der Waals surface area (Å²) in [5.74, 6) is -0.619. The molecule has 3 rings (SSSR count). The Morgan fingerprint density at radius 3 is 2.75 bits per heavy atom. The fraction of sp³-hybridized carbons (Fsp3) is 0.611. The Labute approximate surface area is 140 Å². The molecule has 1 unspecified atom stereocenters. The van der Waals surface area contributed by atoms with Gasteiger partial charge in [0.15, 0.2) is 0 Å². The number of carbonyl (C=O) groups excluding carboxylic acids is 1. The van der Waals surface area contributed by atoms with Crippen molar-refractivity contribution in [3.8, 4) is 0 Å². The van der Waals surface area contributed by atoms with E-state index in [4.69, 9.17) is 4.74 Å². The first-order valence-electron chi connectivity index (χ1n) is 8.47. The van der Waals surface area contributed by atoms with Gasteiger partial charge < -0.3 is 14.7 Å². The second-order valence-electron chi connectivity index (χ2n) is 6.97. The molecule has 1 aromatic rings. The summed E-state index contributed by atoms with van der Waals surface area (Å²) in [5, 5.41) is 10.2. The van der Waals surface area contributed by atoms with E-state index in [1.54, 1.807) is 4.90 Å². The molecule has 2 fully saturated rings. The predicted molar refractivity (Wildman–Crippen MR) is 84.4 cm³/mol. The molecular weight excluding hydrogens is 316 g/mol. The quantitative estimate of drug-likeness (QED) is 0.916. The van der Waals surface area contributed by atoms with Gasteiger partial charge in [0.25, 0.3) is 0 Å². The number of rotatable bonds is 4. The summed E-state index contributed by atoms with van der Waals surface area (Å²) < 4.78 is 32.1. The largest absolute Gasteiger partial charge is 0.387 e. The van der Waals surface area contributed by atoms with Crippen molar-refractivity contribution in [3.05, 3.63) is 35.4 Å². The van der Waals surface area contributed by atoms with Crippen LogP contribution < -0.4 is 0 Å². The maximum absolute atomic E-state index is 13.7. The van der Waals surface area contributed by atoms with Crippen molar-refractivity contribution in [3.63, 3.8) is 0 Å². The van der Waals surface area contributed by atoms with Crippen LogP contribution in [0.5, 0.6) is 0 Å². The molecule has 2 heterocycles. The van der Waals surface area contributed by atoms with Crippen molar-refractivity contribution in [2.75, 3.05) is 26.3 Å². The molecule has 132 valence electrons. The molecule has 24 heavy (non-hydrogen) atoms. The number of aliphatic hydroxyl groups is 1. The van der Waals surface area contributed by atoms with Crippen LogP contribution in [0, 0.1) is 17.6 Å². The van der Waals surface area contributed by atoms with Gasteiger partial charge >= 0.3 is 0 Å². The summed E-state index contributed by atoms with van der Waals surface area (Å²) in [6.07, 6.45) is 2.60. The Morgan fingerprint density at radius 1 is 1.33 bits per heavy atom. The maximum Gasteiger partial charge on any atom is 0.225 e. The van der Waals surface area contributed by atoms with Crippen molar-refractivity contribution in [2.45, 2.75) is 37.7 Å². The van der Waals surface area contributed by atoms with Gasteiger partial charge in [-0.15, -0.1) is 0 Å². The lowest BCUT2D eigenvalue weighted by Crippen LogP contribution is -2.43. The van der Waals surface area contributed by atoms with E-state index >= 15 is 0 Å². The van der Waals surface area contributed by atoms with Crippen molar-refractivity contribution in [2.24, 2.45) is 5.92 Å². The van der Waals surface area contributed by atoms with Crippen LogP contribution in [0.3, 0.4) is 0 Å². The number of amides is 1. The second kappa shape index (κ2) is 7.15. The van der Waals surface area contributed by atoms with Crippen LogP contribution in [-0.4, -0.2) is 47.8 Å². The zero-order valence-electron chi connectivity index (χ0n) is 13.6. The average molecular weight is 339 g/mol. The number of nitrogens with zero attached hydrogens (tertiary/aromatic N) is 1. The minimum Gasteiger partial charge on any atom is -0.387 e. The van der Waals surface area contributed by atoms with Gasteiger partial charge in [-0.1, -0.05) is 0 Å². The summed E-state index contributed by atoms with van der Waals surface area (Å²) in [6, 6.07) is 3.54. The third kappa shape index (κ3) is 4.11. The molecule has 0 bridgehead atoms. The van der Waals surface area contributed by atoms with Gasteiger partial charge in [0.1, 0.15) is 11.6 Å². The van der Waals surface area contributed by atoms with E-state index in [-0.39, 0.29) is 30.7 Å². The molecule has 2 aliphatic rings. The van der Waals surface area contributed by atoms with Crippen molar-refractivity contribution >= 4 is 5.91 Å². The summed E-state index contributed by atoms with van der Waals surface area (Å²) in [7, 11) is 0. The Hall–Kier alpha value is -1.53. The zero-order valence-corrected chi connectivity index (χ0v) is 13.6. The molecule has 1 aromatic carbocycles. The molecule has 0 aliphatic carbocycles. The summed E-state index contributed by atoms with van der Waals surface area (Å²) in [6.45, 7) is 1.90. The number of ether oxygens (including phenoxy) is 1. The number of carbonyl (C=O) groups is 1. The third-order valence-corrected chi connectivity index (χ3v) is 5.05. The third-order valence-electron chi connectivity index (χ3n) is 5.05. The number of piperidine rings is 1. The molecular formula is C18H23F2NO3. The zero-order chi connectivity index (χ0) is 17.2. The summed E-state index contributed by atoms with van der Waals surface area (Å²) >= 11 is 0. The van der Waals surface area contributed by atoms with Crippen molar-refractivity contribution in [1.29, 1.82) is 0 Å². The first-order valence-corrected chi connectivity index (χ1v) is 8.47. The van der Waals surface area contributed by atoms with Crippen LogP contribution >= 0.6 is 0 Å². The number of likely N-dealkylation sites (tertiary alicyclic amines) is 1. The molecule has 1 atom stereocenters.